The zero-order valence-corrected chi connectivity index (χ0v) is 19.1. The molecule has 32 heavy (non-hydrogen) atoms. The molecule has 0 unspecified atom stereocenters. The number of carbonyl (C=O) groups excluding carboxylic acids is 1. The molecule has 4 rings (SSSR count). The van der Waals surface area contributed by atoms with Gasteiger partial charge in [0.1, 0.15) is 17.4 Å². The summed E-state index contributed by atoms with van der Waals surface area (Å²) in [4.78, 5) is 23.3. The molecule has 0 aliphatic rings. The number of benzene rings is 1. The Hall–Kier alpha value is -2.92. The summed E-state index contributed by atoms with van der Waals surface area (Å²) in [6, 6.07) is 6.85. The first-order chi connectivity index (χ1) is 15.3. The van der Waals surface area contributed by atoms with Crippen molar-refractivity contribution in [1.29, 1.82) is 0 Å². The van der Waals surface area contributed by atoms with E-state index in [-0.39, 0.29) is 22.4 Å². The van der Waals surface area contributed by atoms with Crippen molar-refractivity contribution in [3.05, 3.63) is 89.4 Å². The molecule has 3 heterocycles. The molecule has 13 heteroatoms. The number of nitrogens with zero attached hydrogens (tertiary/aromatic N) is 5. The molecule has 4 aromatic rings. The lowest BCUT2D eigenvalue weighted by Crippen LogP contribution is -2.12. The maximum Gasteiger partial charge on any atom is 0.307 e. The van der Waals surface area contributed by atoms with Crippen molar-refractivity contribution >= 4 is 63.6 Å². The molecule has 3 aromatic heterocycles. The Morgan fingerprint density at radius 3 is 2.66 bits per heavy atom. The zero-order valence-electron chi connectivity index (χ0n) is 16.0. The van der Waals surface area contributed by atoms with Gasteiger partial charge in [-0.1, -0.05) is 40.9 Å². The Morgan fingerprint density at radius 2 is 1.94 bits per heavy atom. The first kappa shape index (κ1) is 22.3. The van der Waals surface area contributed by atoms with E-state index in [1.165, 1.54) is 28.4 Å². The fraction of sp³-hybridized carbons (Fsp3) is 0.105. The Balaban J connectivity index is 1.42. The summed E-state index contributed by atoms with van der Waals surface area (Å²) >= 11 is 19.6. The molecular weight excluding hydrogens is 499 g/mol. The van der Waals surface area contributed by atoms with Crippen LogP contribution in [0.25, 0.3) is 0 Å². The molecule has 1 amide bonds. The second-order valence-electron chi connectivity index (χ2n) is 6.69. The van der Waals surface area contributed by atoms with E-state index >= 15 is 0 Å². The third-order valence-electron chi connectivity index (χ3n) is 4.35. The van der Waals surface area contributed by atoms with E-state index < -0.39 is 4.92 Å². The van der Waals surface area contributed by atoms with Crippen molar-refractivity contribution in [2.75, 3.05) is 5.32 Å². The summed E-state index contributed by atoms with van der Waals surface area (Å²) in [6.07, 6.45) is 4.10. The molecule has 0 saturated carbocycles. The van der Waals surface area contributed by atoms with Gasteiger partial charge in [-0.25, -0.2) is 0 Å². The largest absolute Gasteiger partial charge is 0.307 e. The van der Waals surface area contributed by atoms with Gasteiger partial charge in [-0.15, -0.1) is 11.3 Å². The number of hydrogen-bond acceptors (Lipinski definition) is 6. The monoisotopic (exact) mass is 510 g/mol. The number of nitro groups is 1. The predicted octanol–water partition coefficient (Wildman–Crippen LogP) is 5.36. The third kappa shape index (κ3) is 5.10. The van der Waals surface area contributed by atoms with Crippen molar-refractivity contribution in [3.63, 3.8) is 0 Å². The van der Waals surface area contributed by atoms with Gasteiger partial charge in [0.25, 0.3) is 5.91 Å². The van der Waals surface area contributed by atoms with Gasteiger partial charge < -0.3 is 5.32 Å². The molecule has 1 N–H and O–H groups in total. The zero-order chi connectivity index (χ0) is 22.8. The first-order valence-electron chi connectivity index (χ1n) is 9.01. The van der Waals surface area contributed by atoms with Crippen LogP contribution in [-0.4, -0.2) is 30.4 Å². The number of rotatable bonds is 7. The number of carbonyl (C=O) groups is 1. The standard InChI is InChI=1S/C19H13Cl3N6O3S/c20-13-2-1-12(15(21)4-13)7-27-9-16(22)18(25-27)24-19(29)17-3-11(10-32-17)6-26-8-14(5-23-26)28(30)31/h1-5,8-10H,6-7H2,(H,24,25,29). The number of halogens is 3. The molecule has 164 valence electrons. The average molecular weight is 512 g/mol. The van der Waals surface area contributed by atoms with Crippen molar-refractivity contribution in [2.45, 2.75) is 13.1 Å². The number of amides is 1. The fourth-order valence-corrected chi connectivity index (χ4v) is 4.32. The summed E-state index contributed by atoms with van der Waals surface area (Å²) in [5.41, 5.74) is 1.49. The van der Waals surface area contributed by atoms with Crippen LogP contribution in [0.1, 0.15) is 20.8 Å². The fourth-order valence-electron chi connectivity index (χ4n) is 2.85. The van der Waals surface area contributed by atoms with Gasteiger partial charge in [-0.2, -0.15) is 10.2 Å². The van der Waals surface area contributed by atoms with Gasteiger partial charge in [-0.05, 0) is 34.7 Å². The van der Waals surface area contributed by atoms with Crippen LogP contribution in [-0.2, 0) is 13.1 Å². The van der Waals surface area contributed by atoms with Crippen molar-refractivity contribution in [3.8, 4) is 0 Å². The molecule has 0 fully saturated rings. The van der Waals surface area contributed by atoms with Crippen LogP contribution in [0, 0.1) is 10.1 Å². The second-order valence-corrected chi connectivity index (χ2v) is 8.85. The van der Waals surface area contributed by atoms with Gasteiger partial charge >= 0.3 is 5.69 Å². The minimum atomic E-state index is -0.514. The van der Waals surface area contributed by atoms with E-state index in [2.05, 4.69) is 15.5 Å². The average Bonchev–Trinajstić information content (AvgIpc) is 3.46. The van der Waals surface area contributed by atoms with Crippen LogP contribution in [0.2, 0.25) is 15.1 Å². The summed E-state index contributed by atoms with van der Waals surface area (Å²) in [6.45, 7) is 0.652. The van der Waals surface area contributed by atoms with E-state index in [1.807, 2.05) is 0 Å². The predicted molar refractivity (Wildman–Crippen MR) is 123 cm³/mol. The molecule has 0 saturated heterocycles. The Kier molecular flexibility index (Phi) is 6.47. The maximum atomic E-state index is 12.6. The molecule has 0 aliphatic heterocycles. The summed E-state index contributed by atoms with van der Waals surface area (Å²) in [7, 11) is 0. The van der Waals surface area contributed by atoms with Crippen LogP contribution in [0.5, 0.6) is 0 Å². The third-order valence-corrected chi connectivity index (χ3v) is 6.19. The Bertz CT molecular complexity index is 1320. The van der Waals surface area contributed by atoms with Gasteiger partial charge in [-0.3, -0.25) is 24.3 Å². The maximum absolute atomic E-state index is 12.6. The highest BCUT2D eigenvalue weighted by molar-refractivity contribution is 7.12. The minimum absolute atomic E-state index is 0.0942. The number of anilines is 1. The highest BCUT2D eigenvalue weighted by Gasteiger charge is 2.16. The number of nitrogens with one attached hydrogen (secondary N) is 1. The molecule has 0 atom stereocenters. The van der Waals surface area contributed by atoms with E-state index in [1.54, 1.807) is 40.5 Å². The smallest absolute Gasteiger partial charge is 0.303 e. The van der Waals surface area contributed by atoms with Crippen LogP contribution >= 0.6 is 46.1 Å². The van der Waals surface area contributed by atoms with Crippen LogP contribution in [0.4, 0.5) is 11.5 Å². The molecule has 0 bridgehead atoms. The molecule has 0 spiro atoms. The summed E-state index contributed by atoms with van der Waals surface area (Å²) < 4.78 is 3.00. The van der Waals surface area contributed by atoms with Crippen molar-refractivity contribution in [2.24, 2.45) is 0 Å². The second kappa shape index (κ2) is 9.29. The van der Waals surface area contributed by atoms with Crippen LogP contribution in [0.15, 0.2) is 48.2 Å². The highest BCUT2D eigenvalue weighted by atomic mass is 35.5. The lowest BCUT2D eigenvalue weighted by Gasteiger charge is -2.05. The lowest BCUT2D eigenvalue weighted by molar-refractivity contribution is -0.385. The SMILES string of the molecule is O=C(Nc1nn(Cc2ccc(Cl)cc2Cl)cc1Cl)c1cc(Cn2cc([N+](=O)[O-])cn2)cs1. The van der Waals surface area contributed by atoms with E-state index in [9.17, 15) is 14.9 Å². The van der Waals surface area contributed by atoms with Gasteiger partial charge in [0.05, 0.1) is 22.9 Å². The molecule has 1 aromatic carbocycles. The number of hydrogen-bond donors (Lipinski definition) is 1. The van der Waals surface area contributed by atoms with Gasteiger partial charge in [0.15, 0.2) is 5.82 Å². The van der Waals surface area contributed by atoms with E-state index in [4.69, 9.17) is 34.8 Å². The van der Waals surface area contributed by atoms with Crippen molar-refractivity contribution in [1.82, 2.24) is 19.6 Å². The van der Waals surface area contributed by atoms with Crippen LogP contribution in [0.3, 0.4) is 0 Å². The summed E-state index contributed by atoms with van der Waals surface area (Å²) in [5.74, 6) is -0.149. The normalized spacial score (nSPS) is 11.0. The van der Waals surface area contributed by atoms with Gasteiger partial charge in [0.2, 0.25) is 0 Å². The molecule has 0 aliphatic carbocycles. The number of thiophene rings is 1. The van der Waals surface area contributed by atoms with Crippen molar-refractivity contribution < 1.29 is 9.72 Å². The number of aromatic nitrogens is 4. The Morgan fingerprint density at radius 1 is 1.12 bits per heavy atom. The van der Waals surface area contributed by atoms with Crippen LogP contribution < -0.4 is 5.32 Å². The highest BCUT2D eigenvalue weighted by Crippen LogP contribution is 2.25. The first-order valence-corrected chi connectivity index (χ1v) is 11.0. The summed E-state index contributed by atoms with van der Waals surface area (Å²) in [5, 5.41) is 24.8. The Labute approximate surface area is 200 Å². The molecule has 0 radical (unpaired) electrons. The molecular formula is C19H13Cl3N6O3S. The molecule has 9 nitrogen and oxygen atoms in total. The minimum Gasteiger partial charge on any atom is -0.303 e. The topological polar surface area (TPSA) is 108 Å². The van der Waals surface area contributed by atoms with E-state index in [0.29, 0.717) is 28.0 Å². The van der Waals surface area contributed by atoms with Gasteiger partial charge in [0, 0.05) is 16.2 Å². The lowest BCUT2D eigenvalue weighted by atomic mass is 10.2. The quantitative estimate of drug-likeness (QED) is 0.265. The van der Waals surface area contributed by atoms with E-state index in [0.717, 1.165) is 11.1 Å².